The number of hydrogen-bond acceptors (Lipinski definition) is 10. The highest BCUT2D eigenvalue weighted by atomic mass is 79.9. The molecule has 0 bridgehead atoms. The van der Waals surface area contributed by atoms with Crippen LogP contribution in [0.15, 0.2) is 40.9 Å². The topological polar surface area (TPSA) is 108 Å². The lowest BCUT2D eigenvalue weighted by Crippen LogP contribution is -2.42. The average molecular weight is 734 g/mol. The Morgan fingerprint density at radius 2 is 1.22 bits per heavy atom. The van der Waals surface area contributed by atoms with Gasteiger partial charge in [-0.15, -0.1) is 0 Å². The summed E-state index contributed by atoms with van der Waals surface area (Å²) in [6, 6.07) is 11.2. The van der Waals surface area contributed by atoms with E-state index in [2.05, 4.69) is 20.7 Å². The summed E-state index contributed by atoms with van der Waals surface area (Å²) in [5.41, 5.74) is 1.90. The molecule has 4 saturated heterocycles. The molecule has 0 unspecified atom stereocenters. The largest absolute Gasteiger partial charge is 0.469 e. The molecular formula is C32H39BrCl2O10. The van der Waals surface area contributed by atoms with E-state index in [0.29, 0.717) is 75.7 Å². The second-order valence-corrected chi connectivity index (χ2v) is 12.5. The number of benzene rings is 2. The SMILES string of the molecule is COC(=O)C1(c2cc(Cl)cc(C3OCCO3)c2)CCOCC1.COC(=O)C1CCOCC1.Clc1cc(Br)cc(C2OCCO2)c1. The van der Waals surface area contributed by atoms with Gasteiger partial charge >= 0.3 is 11.9 Å². The Labute approximate surface area is 281 Å². The first-order chi connectivity index (χ1) is 21.8. The van der Waals surface area contributed by atoms with Gasteiger partial charge in [-0.05, 0) is 67.6 Å². The minimum absolute atomic E-state index is 0.0822. The van der Waals surface area contributed by atoms with Crippen LogP contribution in [0.5, 0.6) is 0 Å². The Balaban J connectivity index is 0.000000170. The summed E-state index contributed by atoms with van der Waals surface area (Å²) in [4.78, 5) is 23.3. The minimum atomic E-state index is -0.717. The van der Waals surface area contributed by atoms with Crippen LogP contribution in [-0.2, 0) is 52.9 Å². The number of halogens is 3. The predicted molar refractivity (Wildman–Crippen MR) is 169 cm³/mol. The molecule has 4 heterocycles. The van der Waals surface area contributed by atoms with Gasteiger partial charge in [0.2, 0.25) is 0 Å². The van der Waals surface area contributed by atoms with Crippen molar-refractivity contribution < 1.29 is 47.5 Å². The number of carbonyl (C=O) groups is 2. The molecule has 2 aromatic carbocycles. The van der Waals surface area contributed by atoms with Crippen LogP contribution in [0.2, 0.25) is 10.0 Å². The Morgan fingerprint density at radius 3 is 1.73 bits per heavy atom. The fourth-order valence-electron chi connectivity index (χ4n) is 5.46. The van der Waals surface area contributed by atoms with Crippen molar-refractivity contribution in [2.75, 3.05) is 67.1 Å². The number of methoxy groups -OCH3 is 2. The van der Waals surface area contributed by atoms with Crippen molar-refractivity contribution in [1.29, 1.82) is 0 Å². The lowest BCUT2D eigenvalue weighted by molar-refractivity contribution is -0.151. The van der Waals surface area contributed by atoms with Crippen molar-refractivity contribution in [1.82, 2.24) is 0 Å². The molecule has 2 aromatic rings. The summed E-state index contributed by atoms with van der Waals surface area (Å²) in [5.74, 6) is -0.265. The van der Waals surface area contributed by atoms with Crippen LogP contribution in [0, 0.1) is 5.92 Å². The highest BCUT2D eigenvalue weighted by Crippen LogP contribution is 2.39. The molecule has 0 aromatic heterocycles. The third-order valence-corrected chi connectivity index (χ3v) is 8.72. The molecule has 0 radical (unpaired) electrons. The van der Waals surface area contributed by atoms with Gasteiger partial charge in [0.25, 0.3) is 0 Å². The van der Waals surface area contributed by atoms with Crippen LogP contribution < -0.4 is 0 Å². The minimum Gasteiger partial charge on any atom is -0.469 e. The fraction of sp³-hybridized carbons (Fsp3) is 0.562. The first-order valence-corrected chi connectivity index (χ1v) is 16.4. The number of ether oxygens (including phenoxy) is 8. The molecule has 45 heavy (non-hydrogen) atoms. The monoisotopic (exact) mass is 732 g/mol. The van der Waals surface area contributed by atoms with E-state index < -0.39 is 11.7 Å². The smallest absolute Gasteiger partial charge is 0.316 e. The van der Waals surface area contributed by atoms with Gasteiger partial charge in [-0.2, -0.15) is 0 Å². The fourth-order valence-corrected chi connectivity index (χ4v) is 6.59. The number of hydrogen-bond donors (Lipinski definition) is 0. The molecule has 4 aliphatic rings. The molecule has 4 aliphatic heterocycles. The molecule has 13 heteroatoms. The first-order valence-electron chi connectivity index (χ1n) is 14.8. The van der Waals surface area contributed by atoms with Crippen molar-refractivity contribution in [2.45, 2.75) is 43.7 Å². The van der Waals surface area contributed by atoms with Gasteiger partial charge in [0, 0.05) is 52.1 Å². The lowest BCUT2D eigenvalue weighted by atomic mass is 9.74. The van der Waals surface area contributed by atoms with E-state index in [1.165, 1.54) is 14.2 Å². The zero-order valence-electron chi connectivity index (χ0n) is 25.4. The summed E-state index contributed by atoms with van der Waals surface area (Å²) in [7, 11) is 2.84. The third-order valence-electron chi connectivity index (χ3n) is 7.82. The van der Waals surface area contributed by atoms with Gasteiger partial charge in [-0.25, -0.2) is 0 Å². The van der Waals surface area contributed by atoms with Crippen LogP contribution in [-0.4, -0.2) is 79.0 Å². The molecule has 0 aliphatic carbocycles. The lowest BCUT2D eigenvalue weighted by Gasteiger charge is -2.35. The highest BCUT2D eigenvalue weighted by Gasteiger charge is 2.43. The van der Waals surface area contributed by atoms with Gasteiger partial charge in [-0.1, -0.05) is 39.1 Å². The maximum Gasteiger partial charge on any atom is 0.316 e. The summed E-state index contributed by atoms with van der Waals surface area (Å²) in [6.07, 6.45) is 2.10. The number of esters is 2. The zero-order chi connectivity index (χ0) is 32.2. The van der Waals surface area contributed by atoms with Gasteiger partial charge in [0.05, 0.1) is 52.0 Å². The summed E-state index contributed by atoms with van der Waals surface area (Å²) in [5, 5.41) is 1.24. The van der Waals surface area contributed by atoms with E-state index in [0.717, 1.165) is 34.0 Å². The van der Waals surface area contributed by atoms with Crippen molar-refractivity contribution in [3.05, 3.63) is 67.6 Å². The molecule has 0 saturated carbocycles. The molecular weight excluding hydrogens is 695 g/mol. The van der Waals surface area contributed by atoms with Crippen LogP contribution in [0.1, 0.15) is 55.0 Å². The third kappa shape index (κ3) is 10.1. The van der Waals surface area contributed by atoms with Gasteiger partial charge in [0.15, 0.2) is 12.6 Å². The van der Waals surface area contributed by atoms with E-state index >= 15 is 0 Å². The van der Waals surface area contributed by atoms with E-state index in [1.807, 2.05) is 36.4 Å². The number of rotatable bonds is 5. The molecule has 10 nitrogen and oxygen atoms in total. The molecule has 0 amide bonds. The van der Waals surface area contributed by atoms with Crippen molar-refractivity contribution in [3.8, 4) is 0 Å². The molecule has 0 spiro atoms. The maximum absolute atomic E-state index is 12.4. The van der Waals surface area contributed by atoms with E-state index in [1.54, 1.807) is 0 Å². The summed E-state index contributed by atoms with van der Waals surface area (Å²) < 4.78 is 42.8. The van der Waals surface area contributed by atoms with Gasteiger partial charge < -0.3 is 37.9 Å². The standard InChI is InChI=1S/C16H19ClO5.C9H8BrClO2.C7H12O3/c1-19-15(18)16(2-4-20-5-3-16)12-8-11(9-13(17)10-12)14-21-6-7-22-14;10-7-3-6(4-8(11)5-7)9-12-1-2-13-9;1-9-7(8)6-2-4-10-5-3-6/h8-10,14H,2-7H2,1H3;3-5,9H,1-2H2;6H,2-5H2,1H3. The average Bonchev–Trinajstić information content (AvgIpc) is 3.80. The highest BCUT2D eigenvalue weighted by molar-refractivity contribution is 9.10. The molecule has 6 rings (SSSR count). The van der Waals surface area contributed by atoms with Crippen molar-refractivity contribution in [3.63, 3.8) is 0 Å². The summed E-state index contributed by atoms with van der Waals surface area (Å²) in [6.45, 7) is 4.84. The Bertz CT molecular complexity index is 1230. The second kappa shape index (κ2) is 17.9. The van der Waals surface area contributed by atoms with Gasteiger partial charge in [0.1, 0.15) is 0 Å². The second-order valence-electron chi connectivity index (χ2n) is 10.7. The summed E-state index contributed by atoms with van der Waals surface area (Å²) >= 11 is 15.5. The predicted octanol–water partition coefficient (Wildman–Crippen LogP) is 6.34. The molecule has 0 N–H and O–H groups in total. The van der Waals surface area contributed by atoms with Crippen LogP contribution in [0.25, 0.3) is 0 Å². The molecule has 248 valence electrons. The normalized spacial score (nSPS) is 20.4. The zero-order valence-corrected chi connectivity index (χ0v) is 28.5. The molecule has 0 atom stereocenters. The van der Waals surface area contributed by atoms with E-state index in [4.69, 9.17) is 56.4 Å². The number of carbonyl (C=O) groups excluding carboxylic acids is 2. The van der Waals surface area contributed by atoms with Crippen LogP contribution in [0.4, 0.5) is 0 Å². The Morgan fingerprint density at radius 1 is 0.711 bits per heavy atom. The van der Waals surface area contributed by atoms with Crippen LogP contribution in [0.3, 0.4) is 0 Å². The van der Waals surface area contributed by atoms with Crippen LogP contribution >= 0.6 is 39.1 Å². The molecule has 4 fully saturated rings. The van der Waals surface area contributed by atoms with Gasteiger partial charge in [-0.3, -0.25) is 9.59 Å². The van der Waals surface area contributed by atoms with E-state index in [9.17, 15) is 9.59 Å². The Kier molecular flexibility index (Phi) is 14.4. The Hall–Kier alpha value is -1.80. The van der Waals surface area contributed by atoms with E-state index in [-0.39, 0.29) is 24.1 Å². The first kappa shape index (κ1) is 36.0. The van der Waals surface area contributed by atoms with Crippen molar-refractivity contribution in [2.24, 2.45) is 5.92 Å². The van der Waals surface area contributed by atoms with Crippen molar-refractivity contribution >= 4 is 51.1 Å². The maximum atomic E-state index is 12.4. The quantitative estimate of drug-likeness (QED) is 0.323.